The highest BCUT2D eigenvalue weighted by molar-refractivity contribution is 5.81. The topological polar surface area (TPSA) is 66.8 Å². The number of methoxy groups -OCH3 is 1. The molecule has 118 valence electrons. The summed E-state index contributed by atoms with van der Waals surface area (Å²) in [5.41, 5.74) is 0.924. The second-order valence-electron chi connectivity index (χ2n) is 6.27. The lowest BCUT2D eigenvalue weighted by atomic mass is 9.92. The van der Waals surface area contributed by atoms with E-state index >= 15 is 0 Å². The Morgan fingerprint density at radius 3 is 2.45 bits per heavy atom. The van der Waals surface area contributed by atoms with Crippen LogP contribution in [0.4, 0.5) is 0 Å². The molecule has 3 rings (SSSR count). The van der Waals surface area contributed by atoms with E-state index in [4.69, 9.17) is 4.74 Å². The third kappa shape index (κ3) is 3.08. The maximum Gasteiger partial charge on any atom is 0.308 e. The number of carboxylic acid groups (broad SMARTS) is 1. The first-order chi connectivity index (χ1) is 10.6. The largest absolute Gasteiger partial charge is 0.497 e. The average Bonchev–Trinajstić information content (AvgIpc) is 3.26. The lowest BCUT2D eigenvalue weighted by molar-refractivity contribution is -0.142. The van der Waals surface area contributed by atoms with Gasteiger partial charge in [-0.1, -0.05) is 12.1 Å². The number of amides is 1. The van der Waals surface area contributed by atoms with Gasteiger partial charge in [0.25, 0.3) is 0 Å². The Morgan fingerprint density at radius 2 is 1.91 bits per heavy atom. The molecule has 2 fully saturated rings. The molecule has 22 heavy (non-hydrogen) atoms. The molecule has 5 heteroatoms. The molecule has 1 aromatic carbocycles. The molecule has 1 aliphatic heterocycles. The SMILES string of the molecule is COc1ccc(CC(=O)N2C[C@H](C(=O)O)[C@@H](C3CC3)C2)cc1. The first kappa shape index (κ1) is 14.9. The van der Waals surface area contributed by atoms with Gasteiger partial charge in [-0.25, -0.2) is 0 Å². The van der Waals surface area contributed by atoms with Gasteiger partial charge >= 0.3 is 5.97 Å². The van der Waals surface area contributed by atoms with E-state index in [1.807, 2.05) is 24.3 Å². The van der Waals surface area contributed by atoms with Crippen LogP contribution in [0.25, 0.3) is 0 Å². The summed E-state index contributed by atoms with van der Waals surface area (Å²) in [6, 6.07) is 7.42. The molecule has 0 bridgehead atoms. The van der Waals surface area contributed by atoms with E-state index in [2.05, 4.69) is 0 Å². The summed E-state index contributed by atoms with van der Waals surface area (Å²) in [5.74, 6) is 0.248. The highest BCUT2D eigenvalue weighted by Crippen LogP contribution is 2.44. The van der Waals surface area contributed by atoms with E-state index in [1.165, 1.54) is 0 Å². The zero-order valence-electron chi connectivity index (χ0n) is 12.7. The number of hydrogen-bond acceptors (Lipinski definition) is 3. The maximum atomic E-state index is 12.4. The zero-order valence-corrected chi connectivity index (χ0v) is 12.7. The van der Waals surface area contributed by atoms with Gasteiger partial charge in [0.1, 0.15) is 5.75 Å². The van der Waals surface area contributed by atoms with E-state index in [1.54, 1.807) is 12.0 Å². The van der Waals surface area contributed by atoms with Gasteiger partial charge in [0.15, 0.2) is 0 Å². The van der Waals surface area contributed by atoms with E-state index in [-0.39, 0.29) is 11.8 Å². The predicted octanol–water partition coefficient (Wildman–Crippen LogP) is 1.81. The number of carbonyl (C=O) groups is 2. The quantitative estimate of drug-likeness (QED) is 0.901. The Hall–Kier alpha value is -2.04. The molecule has 0 radical (unpaired) electrons. The molecule has 2 atom stereocenters. The standard InChI is InChI=1S/C17H21NO4/c1-22-13-6-2-11(3-7-13)8-16(19)18-9-14(12-4-5-12)15(10-18)17(20)21/h2-3,6-7,12,14-15H,4-5,8-10H2,1H3,(H,20,21)/t14-,15+/m1/s1. The Bertz CT molecular complexity index is 565. The van der Waals surface area contributed by atoms with E-state index < -0.39 is 11.9 Å². The summed E-state index contributed by atoms with van der Waals surface area (Å²) in [6.45, 7) is 0.947. The number of hydrogen-bond donors (Lipinski definition) is 1. The van der Waals surface area contributed by atoms with Crippen LogP contribution >= 0.6 is 0 Å². The number of aliphatic carboxylic acids is 1. The van der Waals surface area contributed by atoms with Crippen molar-refractivity contribution in [2.24, 2.45) is 17.8 Å². The van der Waals surface area contributed by atoms with Crippen LogP contribution in [0.1, 0.15) is 18.4 Å². The molecule has 1 heterocycles. The molecule has 0 aromatic heterocycles. The van der Waals surface area contributed by atoms with Gasteiger partial charge < -0.3 is 14.7 Å². The number of likely N-dealkylation sites (tertiary alicyclic amines) is 1. The molecular weight excluding hydrogens is 282 g/mol. The summed E-state index contributed by atoms with van der Waals surface area (Å²) < 4.78 is 5.10. The molecule has 2 aliphatic rings. The van der Waals surface area contributed by atoms with Crippen molar-refractivity contribution in [1.29, 1.82) is 0 Å². The Balaban J connectivity index is 1.63. The van der Waals surface area contributed by atoms with Gasteiger partial charge in [-0.3, -0.25) is 9.59 Å². The fourth-order valence-electron chi connectivity index (χ4n) is 3.33. The van der Waals surface area contributed by atoms with E-state index in [0.717, 1.165) is 24.2 Å². The predicted molar refractivity (Wildman–Crippen MR) is 80.6 cm³/mol. The van der Waals surface area contributed by atoms with Gasteiger partial charge in [-0.15, -0.1) is 0 Å². The molecule has 1 saturated carbocycles. The Labute approximate surface area is 129 Å². The van der Waals surface area contributed by atoms with Crippen molar-refractivity contribution in [2.45, 2.75) is 19.3 Å². The van der Waals surface area contributed by atoms with Crippen molar-refractivity contribution in [1.82, 2.24) is 4.90 Å². The minimum absolute atomic E-state index is 0.0135. The normalized spacial score (nSPS) is 24.3. The van der Waals surface area contributed by atoms with Crippen LogP contribution in [0, 0.1) is 17.8 Å². The van der Waals surface area contributed by atoms with Gasteiger partial charge in [-0.05, 0) is 42.4 Å². The average molecular weight is 303 g/mol. The van der Waals surface area contributed by atoms with Gasteiger partial charge in [0.2, 0.25) is 5.91 Å². The van der Waals surface area contributed by atoms with Crippen molar-refractivity contribution < 1.29 is 19.4 Å². The molecule has 5 nitrogen and oxygen atoms in total. The molecule has 1 N–H and O–H groups in total. The summed E-state index contributed by atoms with van der Waals surface area (Å²) in [5, 5.41) is 9.36. The van der Waals surface area contributed by atoms with E-state index in [9.17, 15) is 14.7 Å². The van der Waals surface area contributed by atoms with Crippen molar-refractivity contribution >= 4 is 11.9 Å². The van der Waals surface area contributed by atoms with Crippen LogP contribution in [0.5, 0.6) is 5.75 Å². The highest BCUT2D eigenvalue weighted by atomic mass is 16.5. The van der Waals surface area contributed by atoms with Crippen molar-refractivity contribution in [3.63, 3.8) is 0 Å². The fraction of sp³-hybridized carbons (Fsp3) is 0.529. The Morgan fingerprint density at radius 1 is 1.23 bits per heavy atom. The van der Waals surface area contributed by atoms with E-state index in [0.29, 0.717) is 25.4 Å². The summed E-state index contributed by atoms with van der Waals surface area (Å²) in [7, 11) is 1.61. The van der Waals surface area contributed by atoms with Crippen LogP contribution in [0.15, 0.2) is 24.3 Å². The third-order valence-electron chi connectivity index (χ3n) is 4.78. The summed E-state index contributed by atoms with van der Waals surface area (Å²) in [4.78, 5) is 25.5. The van der Waals surface area contributed by atoms with Gasteiger partial charge in [0, 0.05) is 13.1 Å². The molecule has 0 unspecified atom stereocenters. The number of carboxylic acids is 1. The molecule has 0 spiro atoms. The molecule has 1 saturated heterocycles. The molecule has 1 aliphatic carbocycles. The first-order valence-electron chi connectivity index (χ1n) is 7.72. The van der Waals surface area contributed by atoms with Gasteiger partial charge in [-0.2, -0.15) is 0 Å². The first-order valence-corrected chi connectivity index (χ1v) is 7.72. The number of nitrogens with zero attached hydrogens (tertiary/aromatic N) is 1. The second kappa shape index (κ2) is 5.99. The minimum Gasteiger partial charge on any atom is -0.497 e. The fourth-order valence-corrected chi connectivity index (χ4v) is 3.33. The third-order valence-corrected chi connectivity index (χ3v) is 4.78. The summed E-state index contributed by atoms with van der Waals surface area (Å²) >= 11 is 0. The van der Waals surface area contributed by atoms with Crippen molar-refractivity contribution in [3.05, 3.63) is 29.8 Å². The van der Waals surface area contributed by atoms with Crippen molar-refractivity contribution in [3.8, 4) is 5.75 Å². The van der Waals surface area contributed by atoms with Gasteiger partial charge in [0.05, 0.1) is 19.4 Å². The highest BCUT2D eigenvalue weighted by Gasteiger charge is 2.46. The van der Waals surface area contributed by atoms with Crippen LogP contribution in [0.2, 0.25) is 0 Å². The van der Waals surface area contributed by atoms with Crippen LogP contribution in [-0.2, 0) is 16.0 Å². The number of benzene rings is 1. The van der Waals surface area contributed by atoms with Crippen LogP contribution < -0.4 is 4.74 Å². The lowest BCUT2D eigenvalue weighted by Crippen LogP contribution is -2.31. The molecular formula is C17H21NO4. The minimum atomic E-state index is -0.767. The number of carbonyl (C=O) groups excluding carboxylic acids is 1. The zero-order chi connectivity index (χ0) is 15.7. The monoisotopic (exact) mass is 303 g/mol. The lowest BCUT2D eigenvalue weighted by Gasteiger charge is -2.16. The summed E-state index contributed by atoms with van der Waals surface area (Å²) in [6.07, 6.45) is 2.53. The molecule has 1 amide bonds. The number of rotatable bonds is 5. The smallest absolute Gasteiger partial charge is 0.308 e. The second-order valence-corrected chi connectivity index (χ2v) is 6.27. The molecule has 1 aromatic rings. The van der Waals surface area contributed by atoms with Crippen molar-refractivity contribution in [2.75, 3.05) is 20.2 Å². The van der Waals surface area contributed by atoms with Crippen LogP contribution in [-0.4, -0.2) is 42.1 Å². The number of ether oxygens (including phenoxy) is 1. The van der Waals surface area contributed by atoms with Crippen LogP contribution in [0.3, 0.4) is 0 Å². The maximum absolute atomic E-state index is 12.4. The Kier molecular flexibility index (Phi) is 4.05.